The number of hydrogen-bond donors (Lipinski definition) is 1. The van der Waals surface area contributed by atoms with Crippen molar-refractivity contribution in [1.29, 1.82) is 5.26 Å². The molecule has 1 rings (SSSR count). The van der Waals surface area contributed by atoms with Crippen LogP contribution in [-0.4, -0.2) is 31.1 Å². The van der Waals surface area contributed by atoms with Gasteiger partial charge in [0.05, 0.1) is 13.2 Å². The zero-order valence-corrected chi connectivity index (χ0v) is 12.0. The standard InChI is InChI=1S/C15H23N3O/c1-4-18(11-5-10-16)15(12(2)17)13-6-8-14(19-3)9-7-13/h6-9,12,15H,4-5,11,17H2,1-3H3. The zero-order chi connectivity index (χ0) is 14.3. The number of hydrogen-bond acceptors (Lipinski definition) is 4. The third kappa shape index (κ3) is 4.23. The molecule has 0 amide bonds. The number of rotatable bonds is 7. The summed E-state index contributed by atoms with van der Waals surface area (Å²) >= 11 is 0. The Bertz CT molecular complexity index is 408. The van der Waals surface area contributed by atoms with Crippen molar-refractivity contribution in [1.82, 2.24) is 4.90 Å². The predicted octanol–water partition coefficient (Wildman–Crippen LogP) is 2.32. The minimum atomic E-state index is 0.00652. The highest BCUT2D eigenvalue weighted by Crippen LogP contribution is 2.25. The van der Waals surface area contributed by atoms with Crippen molar-refractivity contribution in [3.05, 3.63) is 29.8 Å². The lowest BCUT2D eigenvalue weighted by Crippen LogP contribution is -2.40. The molecule has 1 aromatic rings. The summed E-state index contributed by atoms with van der Waals surface area (Å²) in [4.78, 5) is 2.25. The highest BCUT2D eigenvalue weighted by Gasteiger charge is 2.22. The molecule has 4 heteroatoms. The Morgan fingerprint density at radius 3 is 2.42 bits per heavy atom. The van der Waals surface area contributed by atoms with E-state index in [0.29, 0.717) is 6.42 Å². The Kier molecular flexibility index (Phi) is 6.34. The second kappa shape index (κ2) is 7.78. The number of ether oxygens (including phenoxy) is 1. The molecule has 0 fully saturated rings. The molecule has 0 saturated carbocycles. The van der Waals surface area contributed by atoms with E-state index in [2.05, 4.69) is 17.9 Å². The van der Waals surface area contributed by atoms with Gasteiger partial charge in [0.2, 0.25) is 0 Å². The van der Waals surface area contributed by atoms with Crippen molar-refractivity contribution >= 4 is 0 Å². The van der Waals surface area contributed by atoms with Crippen LogP contribution in [0.4, 0.5) is 0 Å². The molecule has 19 heavy (non-hydrogen) atoms. The summed E-state index contributed by atoms with van der Waals surface area (Å²) in [5, 5.41) is 8.75. The third-order valence-corrected chi connectivity index (χ3v) is 3.27. The molecule has 0 aliphatic heterocycles. The van der Waals surface area contributed by atoms with Crippen molar-refractivity contribution in [3.8, 4) is 11.8 Å². The average Bonchev–Trinajstić information content (AvgIpc) is 2.43. The van der Waals surface area contributed by atoms with Crippen molar-refractivity contribution < 1.29 is 4.74 Å². The maximum atomic E-state index is 8.75. The molecule has 0 bridgehead atoms. The Labute approximate surface area is 115 Å². The smallest absolute Gasteiger partial charge is 0.118 e. The predicted molar refractivity (Wildman–Crippen MR) is 76.9 cm³/mol. The molecule has 2 unspecified atom stereocenters. The first-order valence-corrected chi connectivity index (χ1v) is 6.64. The maximum absolute atomic E-state index is 8.75. The average molecular weight is 261 g/mol. The molecule has 4 nitrogen and oxygen atoms in total. The minimum Gasteiger partial charge on any atom is -0.497 e. The number of methoxy groups -OCH3 is 1. The van der Waals surface area contributed by atoms with Crippen LogP contribution in [0, 0.1) is 11.3 Å². The SMILES string of the molecule is CCN(CCC#N)C(c1ccc(OC)cc1)C(C)N. The molecule has 0 radical (unpaired) electrons. The summed E-state index contributed by atoms with van der Waals surface area (Å²) in [6.07, 6.45) is 0.521. The lowest BCUT2D eigenvalue weighted by Gasteiger charge is -2.33. The van der Waals surface area contributed by atoms with E-state index in [-0.39, 0.29) is 12.1 Å². The molecular weight excluding hydrogens is 238 g/mol. The van der Waals surface area contributed by atoms with Gasteiger partial charge < -0.3 is 10.5 Å². The van der Waals surface area contributed by atoms with Gasteiger partial charge in [-0.1, -0.05) is 19.1 Å². The van der Waals surface area contributed by atoms with E-state index in [0.717, 1.165) is 24.4 Å². The van der Waals surface area contributed by atoms with Gasteiger partial charge in [-0.05, 0) is 31.2 Å². The molecule has 0 heterocycles. The van der Waals surface area contributed by atoms with Gasteiger partial charge in [0.25, 0.3) is 0 Å². The first kappa shape index (κ1) is 15.5. The van der Waals surface area contributed by atoms with Crippen LogP contribution in [0.1, 0.15) is 31.9 Å². The van der Waals surface area contributed by atoms with Crippen LogP contribution >= 0.6 is 0 Å². The van der Waals surface area contributed by atoms with Crippen molar-refractivity contribution in [2.45, 2.75) is 32.4 Å². The highest BCUT2D eigenvalue weighted by molar-refractivity contribution is 5.29. The summed E-state index contributed by atoms with van der Waals surface area (Å²) in [6, 6.07) is 10.3. The monoisotopic (exact) mass is 261 g/mol. The fourth-order valence-electron chi connectivity index (χ4n) is 2.34. The number of benzene rings is 1. The summed E-state index contributed by atoms with van der Waals surface area (Å²) in [7, 11) is 1.66. The van der Waals surface area contributed by atoms with Gasteiger partial charge >= 0.3 is 0 Å². The van der Waals surface area contributed by atoms with E-state index in [1.54, 1.807) is 7.11 Å². The van der Waals surface area contributed by atoms with Crippen molar-refractivity contribution in [3.63, 3.8) is 0 Å². The molecule has 0 aliphatic carbocycles. The van der Waals surface area contributed by atoms with E-state index in [9.17, 15) is 0 Å². The zero-order valence-electron chi connectivity index (χ0n) is 12.0. The van der Waals surface area contributed by atoms with Crippen molar-refractivity contribution in [2.75, 3.05) is 20.2 Å². The molecule has 0 aliphatic rings. The summed E-state index contributed by atoms with van der Waals surface area (Å²) in [5.41, 5.74) is 7.29. The summed E-state index contributed by atoms with van der Waals surface area (Å²) < 4.78 is 5.17. The molecule has 0 saturated heterocycles. The van der Waals surface area contributed by atoms with Crippen LogP contribution in [0.3, 0.4) is 0 Å². The van der Waals surface area contributed by atoms with Crippen LogP contribution in [0.15, 0.2) is 24.3 Å². The second-order valence-corrected chi connectivity index (χ2v) is 4.61. The largest absolute Gasteiger partial charge is 0.497 e. The lowest BCUT2D eigenvalue weighted by atomic mass is 9.98. The van der Waals surface area contributed by atoms with Gasteiger partial charge in [-0.3, -0.25) is 4.90 Å². The quantitative estimate of drug-likeness (QED) is 0.818. The molecule has 1 aromatic carbocycles. The summed E-state index contributed by atoms with van der Waals surface area (Å²) in [6.45, 7) is 5.71. The molecule has 104 valence electrons. The summed E-state index contributed by atoms with van der Waals surface area (Å²) in [5.74, 6) is 0.840. The van der Waals surface area contributed by atoms with Gasteiger partial charge in [0.1, 0.15) is 5.75 Å². The normalized spacial score (nSPS) is 13.9. The van der Waals surface area contributed by atoms with Crippen LogP contribution in [0.25, 0.3) is 0 Å². The van der Waals surface area contributed by atoms with E-state index in [4.69, 9.17) is 15.7 Å². The van der Waals surface area contributed by atoms with Gasteiger partial charge in [-0.25, -0.2) is 0 Å². The number of nitriles is 1. The molecule has 2 N–H and O–H groups in total. The lowest BCUT2D eigenvalue weighted by molar-refractivity contribution is 0.189. The fraction of sp³-hybridized carbons (Fsp3) is 0.533. The molecule has 0 aromatic heterocycles. The Morgan fingerprint density at radius 1 is 1.37 bits per heavy atom. The third-order valence-electron chi connectivity index (χ3n) is 3.27. The van der Waals surface area contributed by atoms with Crippen molar-refractivity contribution in [2.24, 2.45) is 5.73 Å². The van der Waals surface area contributed by atoms with Gasteiger partial charge in [0, 0.05) is 25.0 Å². The van der Waals surface area contributed by atoms with Crippen LogP contribution < -0.4 is 10.5 Å². The maximum Gasteiger partial charge on any atom is 0.118 e. The highest BCUT2D eigenvalue weighted by atomic mass is 16.5. The van der Waals surface area contributed by atoms with Gasteiger partial charge in [0.15, 0.2) is 0 Å². The first-order chi connectivity index (χ1) is 9.13. The minimum absolute atomic E-state index is 0.00652. The van der Waals surface area contributed by atoms with E-state index < -0.39 is 0 Å². The van der Waals surface area contributed by atoms with Crippen LogP contribution in [0.5, 0.6) is 5.75 Å². The molecule has 2 atom stereocenters. The second-order valence-electron chi connectivity index (χ2n) is 4.61. The first-order valence-electron chi connectivity index (χ1n) is 6.64. The van der Waals surface area contributed by atoms with E-state index >= 15 is 0 Å². The number of nitrogens with two attached hydrogens (primary N) is 1. The topological polar surface area (TPSA) is 62.3 Å². The Morgan fingerprint density at radius 2 is 2.00 bits per heavy atom. The van der Waals surface area contributed by atoms with E-state index in [1.807, 2.05) is 31.2 Å². The Balaban J connectivity index is 2.94. The number of likely N-dealkylation sites (N-methyl/N-ethyl adjacent to an activating group) is 1. The van der Waals surface area contributed by atoms with Gasteiger partial charge in [-0.15, -0.1) is 0 Å². The fourth-order valence-corrected chi connectivity index (χ4v) is 2.34. The Hall–Kier alpha value is -1.57. The molecular formula is C15H23N3O. The van der Waals surface area contributed by atoms with Crippen LogP contribution in [0.2, 0.25) is 0 Å². The molecule has 0 spiro atoms. The van der Waals surface area contributed by atoms with Gasteiger partial charge in [-0.2, -0.15) is 5.26 Å². The van der Waals surface area contributed by atoms with E-state index in [1.165, 1.54) is 0 Å². The number of nitrogens with zero attached hydrogens (tertiary/aromatic N) is 2. The van der Waals surface area contributed by atoms with Crippen LogP contribution in [-0.2, 0) is 0 Å².